The van der Waals surface area contributed by atoms with E-state index in [9.17, 15) is 0 Å². The van der Waals surface area contributed by atoms with Gasteiger partial charge < -0.3 is 9.73 Å². The molecule has 1 aromatic heterocycles. The lowest BCUT2D eigenvalue weighted by atomic mass is 10.2. The Morgan fingerprint density at radius 2 is 1.95 bits per heavy atom. The van der Waals surface area contributed by atoms with E-state index < -0.39 is 0 Å². The zero-order valence-electron chi connectivity index (χ0n) is 11.9. The third kappa shape index (κ3) is 4.26. The lowest BCUT2D eigenvalue weighted by molar-refractivity contribution is 0.570. The first-order chi connectivity index (χ1) is 9.69. The van der Waals surface area contributed by atoms with E-state index in [4.69, 9.17) is 16.0 Å². The third-order valence-electron chi connectivity index (χ3n) is 3.02. The monoisotopic (exact) mass is 289 g/mol. The Labute approximate surface area is 125 Å². The van der Waals surface area contributed by atoms with Gasteiger partial charge in [0.25, 0.3) is 0 Å². The number of hydrogen-bond donors (Lipinski definition) is 1. The summed E-state index contributed by atoms with van der Waals surface area (Å²) in [5.74, 6) is 1.72. The molecule has 0 aliphatic carbocycles. The van der Waals surface area contributed by atoms with E-state index in [0.717, 1.165) is 35.1 Å². The molecule has 0 spiro atoms. The zero-order chi connectivity index (χ0) is 14.4. The smallest absolute Gasteiger partial charge is 0.134 e. The number of benzene rings is 1. The van der Waals surface area contributed by atoms with Crippen LogP contribution in [0.4, 0.5) is 0 Å². The fourth-order valence-corrected chi connectivity index (χ4v) is 2.02. The topological polar surface area (TPSA) is 25.2 Å². The summed E-state index contributed by atoms with van der Waals surface area (Å²) in [7, 11) is 0. The second-order valence-electron chi connectivity index (χ2n) is 4.81. The van der Waals surface area contributed by atoms with Gasteiger partial charge in [-0.3, -0.25) is 0 Å². The van der Waals surface area contributed by atoms with E-state index in [1.807, 2.05) is 42.5 Å². The van der Waals surface area contributed by atoms with Crippen LogP contribution in [0.1, 0.15) is 26.0 Å². The third-order valence-corrected chi connectivity index (χ3v) is 3.27. The zero-order valence-corrected chi connectivity index (χ0v) is 12.7. The quantitative estimate of drug-likeness (QED) is 0.809. The largest absolute Gasteiger partial charge is 0.457 e. The highest BCUT2D eigenvalue weighted by Gasteiger charge is 2.03. The molecule has 20 heavy (non-hydrogen) atoms. The molecular formula is C17H20ClNO. The molecule has 1 aromatic carbocycles. The molecule has 0 saturated heterocycles. The summed E-state index contributed by atoms with van der Waals surface area (Å²) in [6.07, 6.45) is 5.26. The maximum absolute atomic E-state index is 5.88. The van der Waals surface area contributed by atoms with Crippen molar-refractivity contribution < 1.29 is 4.42 Å². The Balaban J connectivity index is 2.02. The van der Waals surface area contributed by atoms with Crippen LogP contribution in [0.5, 0.6) is 0 Å². The van der Waals surface area contributed by atoms with Gasteiger partial charge in [-0.25, -0.2) is 0 Å². The summed E-state index contributed by atoms with van der Waals surface area (Å²) in [6, 6.07) is 12.0. The average Bonchev–Trinajstić information content (AvgIpc) is 2.92. The first-order valence-corrected chi connectivity index (χ1v) is 7.34. The van der Waals surface area contributed by atoms with Crippen molar-refractivity contribution in [3.05, 3.63) is 53.3 Å². The predicted molar refractivity (Wildman–Crippen MR) is 85.9 cm³/mol. The molecule has 0 radical (unpaired) electrons. The fraction of sp³-hybridized carbons (Fsp3) is 0.294. The number of halogens is 1. The van der Waals surface area contributed by atoms with Gasteiger partial charge in [-0.2, -0.15) is 0 Å². The molecule has 1 atom stereocenters. The first-order valence-electron chi connectivity index (χ1n) is 6.96. The van der Waals surface area contributed by atoms with Crippen molar-refractivity contribution >= 4 is 17.7 Å². The molecule has 1 unspecified atom stereocenters. The molecule has 0 amide bonds. The summed E-state index contributed by atoms with van der Waals surface area (Å²) >= 11 is 5.88. The van der Waals surface area contributed by atoms with Crippen LogP contribution < -0.4 is 5.32 Å². The van der Waals surface area contributed by atoms with Crippen LogP contribution in [0.25, 0.3) is 17.4 Å². The molecule has 0 bridgehead atoms. The summed E-state index contributed by atoms with van der Waals surface area (Å²) in [5, 5.41) is 4.14. The summed E-state index contributed by atoms with van der Waals surface area (Å²) in [4.78, 5) is 0. The standard InChI is InChI=1S/C17H20ClNO/c1-3-12-19-13(2)4-9-16-10-11-17(20-16)14-5-7-15(18)8-6-14/h4-11,13,19H,3,12H2,1-2H3/b9-4+. The minimum atomic E-state index is 0.346. The van der Waals surface area contributed by atoms with Gasteiger partial charge in [0.05, 0.1) is 0 Å². The summed E-state index contributed by atoms with van der Waals surface area (Å²) in [5.41, 5.74) is 1.03. The fourth-order valence-electron chi connectivity index (χ4n) is 1.89. The minimum Gasteiger partial charge on any atom is -0.457 e. The van der Waals surface area contributed by atoms with Gasteiger partial charge in [0.1, 0.15) is 11.5 Å². The molecule has 1 N–H and O–H groups in total. The molecule has 0 fully saturated rings. The van der Waals surface area contributed by atoms with Gasteiger partial charge in [-0.1, -0.05) is 24.6 Å². The molecule has 106 valence electrons. The normalized spacial score (nSPS) is 12.9. The molecule has 2 aromatic rings. The van der Waals surface area contributed by atoms with Crippen molar-refractivity contribution in [1.29, 1.82) is 0 Å². The average molecular weight is 290 g/mol. The van der Waals surface area contributed by atoms with Crippen molar-refractivity contribution in [2.24, 2.45) is 0 Å². The summed E-state index contributed by atoms with van der Waals surface area (Å²) in [6.45, 7) is 5.32. The highest BCUT2D eigenvalue weighted by molar-refractivity contribution is 6.30. The SMILES string of the molecule is CCCNC(C)/C=C/c1ccc(-c2ccc(Cl)cc2)o1. The molecule has 0 aliphatic heterocycles. The van der Waals surface area contributed by atoms with Crippen LogP contribution in [0.2, 0.25) is 5.02 Å². The number of hydrogen-bond acceptors (Lipinski definition) is 2. The minimum absolute atomic E-state index is 0.346. The van der Waals surface area contributed by atoms with Crippen molar-refractivity contribution in [1.82, 2.24) is 5.32 Å². The van der Waals surface area contributed by atoms with E-state index in [1.165, 1.54) is 0 Å². The van der Waals surface area contributed by atoms with Gasteiger partial charge >= 0.3 is 0 Å². The van der Waals surface area contributed by atoms with Crippen LogP contribution >= 0.6 is 11.6 Å². The van der Waals surface area contributed by atoms with E-state index in [2.05, 4.69) is 25.2 Å². The van der Waals surface area contributed by atoms with Crippen molar-refractivity contribution in [2.45, 2.75) is 26.3 Å². The van der Waals surface area contributed by atoms with E-state index in [1.54, 1.807) is 0 Å². The molecular weight excluding hydrogens is 270 g/mol. The Kier molecular flexibility index (Phi) is 5.45. The predicted octanol–water partition coefficient (Wildman–Crippen LogP) is 5.00. The van der Waals surface area contributed by atoms with E-state index >= 15 is 0 Å². The first kappa shape index (κ1) is 14.9. The van der Waals surface area contributed by atoms with Gasteiger partial charge in [0.2, 0.25) is 0 Å². The Morgan fingerprint density at radius 3 is 2.65 bits per heavy atom. The van der Waals surface area contributed by atoms with Gasteiger partial charge in [-0.05, 0) is 62.4 Å². The molecule has 2 nitrogen and oxygen atoms in total. The van der Waals surface area contributed by atoms with Crippen LogP contribution in [0, 0.1) is 0 Å². The number of furan rings is 1. The van der Waals surface area contributed by atoms with Crippen molar-refractivity contribution in [3.63, 3.8) is 0 Å². The van der Waals surface area contributed by atoms with Gasteiger partial charge in [0, 0.05) is 16.6 Å². The second kappa shape index (κ2) is 7.32. The van der Waals surface area contributed by atoms with Crippen LogP contribution in [-0.4, -0.2) is 12.6 Å². The highest BCUT2D eigenvalue weighted by Crippen LogP contribution is 2.24. The maximum atomic E-state index is 5.88. The Morgan fingerprint density at radius 1 is 1.20 bits per heavy atom. The van der Waals surface area contributed by atoms with Crippen molar-refractivity contribution in [2.75, 3.05) is 6.54 Å². The lowest BCUT2D eigenvalue weighted by Gasteiger charge is -2.06. The van der Waals surface area contributed by atoms with Crippen LogP contribution in [-0.2, 0) is 0 Å². The lowest BCUT2D eigenvalue weighted by Crippen LogP contribution is -2.24. The summed E-state index contributed by atoms with van der Waals surface area (Å²) < 4.78 is 5.81. The molecule has 0 aliphatic rings. The number of rotatable bonds is 6. The van der Waals surface area contributed by atoms with E-state index in [-0.39, 0.29) is 0 Å². The van der Waals surface area contributed by atoms with Crippen molar-refractivity contribution in [3.8, 4) is 11.3 Å². The Bertz CT molecular complexity index is 557. The maximum Gasteiger partial charge on any atom is 0.134 e. The van der Waals surface area contributed by atoms with Gasteiger partial charge in [-0.15, -0.1) is 0 Å². The second-order valence-corrected chi connectivity index (χ2v) is 5.25. The van der Waals surface area contributed by atoms with Crippen LogP contribution in [0.15, 0.2) is 46.9 Å². The highest BCUT2D eigenvalue weighted by atomic mass is 35.5. The van der Waals surface area contributed by atoms with Crippen LogP contribution in [0.3, 0.4) is 0 Å². The molecule has 0 saturated carbocycles. The van der Waals surface area contributed by atoms with Gasteiger partial charge in [0.15, 0.2) is 0 Å². The van der Waals surface area contributed by atoms with E-state index in [0.29, 0.717) is 6.04 Å². The number of nitrogens with one attached hydrogen (secondary N) is 1. The molecule has 3 heteroatoms. The molecule has 2 rings (SSSR count). The molecule has 1 heterocycles. The Hall–Kier alpha value is -1.51.